The first-order valence-corrected chi connectivity index (χ1v) is 6.51. The summed E-state index contributed by atoms with van der Waals surface area (Å²) in [5, 5.41) is 7.97. The predicted molar refractivity (Wildman–Crippen MR) is 57.9 cm³/mol. The van der Waals surface area contributed by atoms with Crippen LogP contribution in [0.4, 0.5) is 0 Å². The molecule has 2 rings (SSSR count). The summed E-state index contributed by atoms with van der Waals surface area (Å²) in [5.74, 6) is -1.76. The fourth-order valence-electron chi connectivity index (χ4n) is 1.68. The van der Waals surface area contributed by atoms with E-state index in [4.69, 9.17) is 5.11 Å². The van der Waals surface area contributed by atoms with Crippen molar-refractivity contribution in [1.29, 1.82) is 0 Å². The summed E-state index contributed by atoms with van der Waals surface area (Å²) in [6.45, 7) is 1.87. The molecule has 0 aliphatic heterocycles. The molecule has 0 heterocycles. The Kier molecular flexibility index (Phi) is 2.50. The molecule has 86 valence electrons. The third-order valence-corrected chi connectivity index (χ3v) is 5.04. The van der Waals surface area contributed by atoms with Crippen LogP contribution in [0, 0.1) is 12.8 Å². The second kappa shape index (κ2) is 3.59. The van der Waals surface area contributed by atoms with Crippen molar-refractivity contribution < 1.29 is 18.3 Å². The Bertz CT molecular complexity index is 515. The van der Waals surface area contributed by atoms with Crippen molar-refractivity contribution in [2.24, 2.45) is 5.92 Å². The second-order valence-corrected chi connectivity index (χ2v) is 6.24. The fraction of sp³-hybridized carbons (Fsp3) is 0.364. The maximum Gasteiger partial charge on any atom is 0.307 e. The molecule has 16 heavy (non-hydrogen) atoms. The Morgan fingerprint density at radius 1 is 1.31 bits per heavy atom. The number of carboxylic acids is 1. The smallest absolute Gasteiger partial charge is 0.307 e. The summed E-state index contributed by atoms with van der Waals surface area (Å²) >= 11 is 0. The Labute approximate surface area is 93.8 Å². The number of carbonyl (C=O) groups is 1. The number of hydrogen-bond acceptors (Lipinski definition) is 3. The van der Waals surface area contributed by atoms with Crippen LogP contribution in [0.1, 0.15) is 12.0 Å². The fourth-order valence-corrected chi connectivity index (χ4v) is 3.55. The zero-order valence-corrected chi connectivity index (χ0v) is 9.57. The van der Waals surface area contributed by atoms with Crippen molar-refractivity contribution in [3.63, 3.8) is 0 Å². The molecule has 0 amide bonds. The van der Waals surface area contributed by atoms with E-state index in [0.29, 0.717) is 0 Å². The van der Waals surface area contributed by atoms with E-state index in [9.17, 15) is 13.2 Å². The summed E-state index contributed by atoms with van der Waals surface area (Å²) in [6, 6.07) is 6.49. The first-order chi connectivity index (χ1) is 7.43. The number of rotatable bonds is 3. The van der Waals surface area contributed by atoms with Gasteiger partial charge >= 0.3 is 5.97 Å². The molecule has 0 radical (unpaired) electrons. The average molecular weight is 240 g/mol. The minimum absolute atomic E-state index is 0.215. The second-order valence-electron chi connectivity index (χ2n) is 4.08. The molecule has 1 aromatic carbocycles. The topological polar surface area (TPSA) is 71.4 Å². The van der Waals surface area contributed by atoms with Gasteiger partial charge in [0.1, 0.15) is 0 Å². The highest BCUT2D eigenvalue weighted by molar-refractivity contribution is 7.92. The molecule has 2 atom stereocenters. The van der Waals surface area contributed by atoms with Gasteiger partial charge in [-0.3, -0.25) is 4.79 Å². The van der Waals surface area contributed by atoms with Crippen LogP contribution in [0.25, 0.3) is 0 Å². The van der Waals surface area contributed by atoms with Gasteiger partial charge in [-0.25, -0.2) is 8.42 Å². The molecular formula is C11H12O4S. The van der Waals surface area contributed by atoms with E-state index < -0.39 is 27.0 Å². The molecule has 0 unspecified atom stereocenters. The molecule has 1 aliphatic rings. The molecule has 0 saturated heterocycles. The SMILES string of the molecule is Cc1ccc(S(=O)(=O)[C@@H]2C[C@H]2C(=O)O)cc1. The van der Waals surface area contributed by atoms with Crippen LogP contribution in [0.3, 0.4) is 0 Å². The van der Waals surface area contributed by atoms with Crippen LogP contribution >= 0.6 is 0 Å². The molecule has 1 fully saturated rings. The molecule has 1 aromatic rings. The van der Waals surface area contributed by atoms with Crippen molar-refractivity contribution in [1.82, 2.24) is 0 Å². The van der Waals surface area contributed by atoms with Gasteiger partial charge in [0.2, 0.25) is 0 Å². The third kappa shape index (κ3) is 1.82. The standard InChI is InChI=1S/C11H12O4S/c1-7-2-4-8(5-3-7)16(14,15)10-6-9(10)11(12)13/h2-5,9-10H,6H2,1H3,(H,12,13)/t9-,10-/m1/s1. The van der Waals surface area contributed by atoms with Crippen molar-refractivity contribution in [3.8, 4) is 0 Å². The van der Waals surface area contributed by atoms with Crippen molar-refractivity contribution in [3.05, 3.63) is 29.8 Å². The van der Waals surface area contributed by atoms with E-state index in [0.717, 1.165) is 5.56 Å². The van der Waals surface area contributed by atoms with Crippen molar-refractivity contribution in [2.45, 2.75) is 23.5 Å². The molecule has 1 N–H and O–H groups in total. The van der Waals surface area contributed by atoms with E-state index in [1.807, 2.05) is 6.92 Å². The maximum absolute atomic E-state index is 12.0. The van der Waals surface area contributed by atoms with Crippen LogP contribution in [0.15, 0.2) is 29.2 Å². The van der Waals surface area contributed by atoms with E-state index in [1.54, 1.807) is 12.1 Å². The highest BCUT2D eigenvalue weighted by atomic mass is 32.2. The molecule has 0 spiro atoms. The summed E-state index contributed by atoms with van der Waals surface area (Å²) < 4.78 is 23.9. The first kappa shape index (κ1) is 11.1. The lowest BCUT2D eigenvalue weighted by molar-refractivity contribution is -0.138. The summed E-state index contributed by atoms with van der Waals surface area (Å²) in [5.41, 5.74) is 0.976. The van der Waals surface area contributed by atoms with Crippen LogP contribution in [-0.4, -0.2) is 24.7 Å². The maximum atomic E-state index is 12.0. The number of sulfone groups is 1. The number of aliphatic carboxylic acids is 1. The molecule has 0 bridgehead atoms. The van der Waals surface area contributed by atoms with E-state index in [2.05, 4.69) is 0 Å². The van der Waals surface area contributed by atoms with Gasteiger partial charge in [-0.2, -0.15) is 0 Å². The van der Waals surface area contributed by atoms with Crippen LogP contribution in [-0.2, 0) is 14.6 Å². The molecule has 1 saturated carbocycles. The first-order valence-electron chi connectivity index (χ1n) is 4.96. The molecule has 4 nitrogen and oxygen atoms in total. The summed E-state index contributed by atoms with van der Waals surface area (Å²) in [4.78, 5) is 10.9. The Balaban J connectivity index is 2.28. The highest BCUT2D eigenvalue weighted by Crippen LogP contribution is 2.40. The highest BCUT2D eigenvalue weighted by Gasteiger charge is 2.52. The number of benzene rings is 1. The lowest BCUT2D eigenvalue weighted by Crippen LogP contribution is -2.13. The minimum Gasteiger partial charge on any atom is -0.481 e. The van der Waals surface area contributed by atoms with E-state index in [-0.39, 0.29) is 11.3 Å². The molecule has 0 aromatic heterocycles. The summed E-state index contributed by atoms with van der Waals surface area (Å²) in [7, 11) is -3.46. The van der Waals surface area contributed by atoms with Gasteiger partial charge in [0.25, 0.3) is 0 Å². The van der Waals surface area contributed by atoms with E-state index in [1.165, 1.54) is 12.1 Å². The largest absolute Gasteiger partial charge is 0.481 e. The Morgan fingerprint density at radius 3 is 2.31 bits per heavy atom. The quantitative estimate of drug-likeness (QED) is 0.862. The van der Waals surface area contributed by atoms with Gasteiger partial charge in [0.05, 0.1) is 16.1 Å². The van der Waals surface area contributed by atoms with Crippen LogP contribution in [0.5, 0.6) is 0 Å². The van der Waals surface area contributed by atoms with Gasteiger partial charge in [-0.15, -0.1) is 0 Å². The van der Waals surface area contributed by atoms with Gasteiger partial charge in [-0.05, 0) is 25.5 Å². The van der Waals surface area contributed by atoms with Crippen molar-refractivity contribution >= 4 is 15.8 Å². The number of aryl methyl sites for hydroxylation is 1. The van der Waals surface area contributed by atoms with E-state index >= 15 is 0 Å². The average Bonchev–Trinajstić information content (AvgIpc) is 2.98. The third-order valence-electron chi connectivity index (χ3n) is 2.80. The van der Waals surface area contributed by atoms with Crippen LogP contribution in [0.2, 0.25) is 0 Å². The zero-order valence-electron chi connectivity index (χ0n) is 8.75. The Morgan fingerprint density at radius 2 is 1.88 bits per heavy atom. The molecule has 1 aliphatic carbocycles. The number of carboxylic acid groups (broad SMARTS) is 1. The lowest BCUT2D eigenvalue weighted by Gasteiger charge is -2.03. The number of hydrogen-bond donors (Lipinski definition) is 1. The van der Waals surface area contributed by atoms with Gasteiger partial charge in [-0.1, -0.05) is 17.7 Å². The molecular weight excluding hydrogens is 228 g/mol. The van der Waals surface area contributed by atoms with Gasteiger partial charge in [0.15, 0.2) is 9.84 Å². The minimum atomic E-state index is -3.46. The monoisotopic (exact) mass is 240 g/mol. The predicted octanol–water partition coefficient (Wildman–Crippen LogP) is 1.24. The van der Waals surface area contributed by atoms with Gasteiger partial charge < -0.3 is 5.11 Å². The van der Waals surface area contributed by atoms with Crippen LogP contribution < -0.4 is 0 Å². The molecule has 5 heteroatoms. The normalized spacial score (nSPS) is 24.1. The zero-order chi connectivity index (χ0) is 11.9. The van der Waals surface area contributed by atoms with Gasteiger partial charge in [0, 0.05) is 0 Å². The lowest BCUT2D eigenvalue weighted by atomic mass is 10.2. The Hall–Kier alpha value is -1.36. The summed E-state index contributed by atoms with van der Waals surface area (Å²) in [6.07, 6.45) is 0.228. The van der Waals surface area contributed by atoms with Crippen molar-refractivity contribution in [2.75, 3.05) is 0 Å².